The molecular formula is C14H16N4O. The molecule has 0 aromatic carbocycles. The van der Waals surface area contributed by atoms with Crippen molar-refractivity contribution in [1.29, 1.82) is 0 Å². The summed E-state index contributed by atoms with van der Waals surface area (Å²) in [6, 6.07) is 5.56. The average molecular weight is 256 g/mol. The van der Waals surface area contributed by atoms with Crippen LogP contribution in [-0.4, -0.2) is 22.9 Å². The first-order chi connectivity index (χ1) is 9.17. The van der Waals surface area contributed by atoms with Crippen molar-refractivity contribution in [3.8, 4) is 11.1 Å². The molecule has 0 aliphatic rings. The van der Waals surface area contributed by atoms with Gasteiger partial charge in [0, 0.05) is 30.6 Å². The highest BCUT2D eigenvalue weighted by Gasteiger charge is 2.14. The van der Waals surface area contributed by atoms with Gasteiger partial charge < -0.3 is 11.1 Å². The Hall–Kier alpha value is -2.43. The quantitative estimate of drug-likeness (QED) is 0.874. The Morgan fingerprint density at radius 1 is 1.47 bits per heavy atom. The van der Waals surface area contributed by atoms with Crippen molar-refractivity contribution < 1.29 is 4.79 Å². The number of anilines is 1. The van der Waals surface area contributed by atoms with E-state index in [2.05, 4.69) is 15.3 Å². The summed E-state index contributed by atoms with van der Waals surface area (Å²) in [5, 5.41) is 2.90. The number of rotatable bonds is 4. The van der Waals surface area contributed by atoms with Crippen LogP contribution in [0.15, 0.2) is 30.6 Å². The number of nitrogens with zero attached hydrogens (tertiary/aromatic N) is 2. The number of nitrogens with two attached hydrogens (primary N) is 1. The first-order valence-corrected chi connectivity index (χ1v) is 6.09. The van der Waals surface area contributed by atoms with E-state index in [1.54, 1.807) is 25.5 Å². The summed E-state index contributed by atoms with van der Waals surface area (Å²) in [5.74, 6) is 0.0154. The van der Waals surface area contributed by atoms with E-state index in [1.165, 1.54) is 0 Å². The van der Waals surface area contributed by atoms with Gasteiger partial charge in [-0.25, -0.2) is 4.98 Å². The predicted molar refractivity (Wildman–Crippen MR) is 74.9 cm³/mol. The highest BCUT2D eigenvalue weighted by Crippen LogP contribution is 2.26. The molecule has 0 aliphatic carbocycles. The molecule has 0 aliphatic heterocycles. The number of hydrogen-bond donors (Lipinski definition) is 2. The van der Waals surface area contributed by atoms with Gasteiger partial charge in [-0.05, 0) is 18.6 Å². The molecule has 0 radical (unpaired) electrons. The highest BCUT2D eigenvalue weighted by molar-refractivity contribution is 5.99. The molecule has 1 amide bonds. The number of carbonyl (C=O) groups excluding carboxylic acids is 1. The van der Waals surface area contributed by atoms with Gasteiger partial charge in [-0.2, -0.15) is 0 Å². The monoisotopic (exact) mass is 256 g/mol. The zero-order valence-corrected chi connectivity index (χ0v) is 11.0. The lowest BCUT2D eigenvalue weighted by atomic mass is 10.0. The highest BCUT2D eigenvalue weighted by atomic mass is 16.1. The second kappa shape index (κ2) is 5.48. The first-order valence-electron chi connectivity index (χ1n) is 6.09. The van der Waals surface area contributed by atoms with Crippen molar-refractivity contribution in [2.75, 3.05) is 12.4 Å². The van der Waals surface area contributed by atoms with Crippen LogP contribution in [0, 0.1) is 0 Å². The molecule has 2 rings (SSSR count). The number of amides is 1. The summed E-state index contributed by atoms with van der Waals surface area (Å²) in [6.07, 6.45) is 4.22. The topological polar surface area (TPSA) is 80.9 Å². The van der Waals surface area contributed by atoms with E-state index < -0.39 is 5.91 Å². The minimum atomic E-state index is -0.496. The predicted octanol–water partition coefficient (Wildman–Crippen LogP) is 1.85. The van der Waals surface area contributed by atoms with Crippen molar-refractivity contribution in [2.45, 2.75) is 13.3 Å². The molecule has 3 N–H and O–H groups in total. The van der Waals surface area contributed by atoms with E-state index in [-0.39, 0.29) is 0 Å². The number of aryl methyl sites for hydroxylation is 1. The zero-order chi connectivity index (χ0) is 13.8. The molecule has 0 unspecified atom stereocenters. The number of hydrogen-bond acceptors (Lipinski definition) is 4. The van der Waals surface area contributed by atoms with Gasteiger partial charge in [-0.15, -0.1) is 0 Å². The fourth-order valence-corrected chi connectivity index (χ4v) is 1.97. The summed E-state index contributed by atoms with van der Waals surface area (Å²) >= 11 is 0. The van der Waals surface area contributed by atoms with Crippen LogP contribution in [0.4, 0.5) is 5.82 Å². The lowest BCUT2D eigenvalue weighted by Crippen LogP contribution is -2.15. The molecule has 19 heavy (non-hydrogen) atoms. The van der Waals surface area contributed by atoms with Crippen molar-refractivity contribution in [1.82, 2.24) is 9.97 Å². The third-order valence-electron chi connectivity index (χ3n) is 2.91. The minimum absolute atomic E-state index is 0.388. The van der Waals surface area contributed by atoms with Gasteiger partial charge in [0.25, 0.3) is 5.91 Å². The summed E-state index contributed by atoms with van der Waals surface area (Å²) in [5.41, 5.74) is 8.51. The largest absolute Gasteiger partial charge is 0.372 e. The van der Waals surface area contributed by atoms with Gasteiger partial charge >= 0.3 is 0 Å². The number of nitrogens with one attached hydrogen (secondary N) is 1. The van der Waals surface area contributed by atoms with E-state index in [1.807, 2.05) is 19.1 Å². The summed E-state index contributed by atoms with van der Waals surface area (Å²) in [7, 11) is 1.72. The zero-order valence-electron chi connectivity index (χ0n) is 11.0. The fourth-order valence-electron chi connectivity index (χ4n) is 1.97. The third kappa shape index (κ3) is 2.54. The van der Waals surface area contributed by atoms with Gasteiger partial charge in [-0.3, -0.25) is 9.78 Å². The van der Waals surface area contributed by atoms with Gasteiger partial charge in [0.2, 0.25) is 0 Å². The Morgan fingerprint density at radius 2 is 2.26 bits per heavy atom. The van der Waals surface area contributed by atoms with E-state index in [4.69, 9.17) is 5.73 Å². The normalized spacial score (nSPS) is 10.2. The average Bonchev–Trinajstić information content (AvgIpc) is 2.46. The van der Waals surface area contributed by atoms with Crippen LogP contribution in [0.5, 0.6) is 0 Å². The lowest BCUT2D eigenvalue weighted by Gasteiger charge is -2.12. The van der Waals surface area contributed by atoms with Gasteiger partial charge in [-0.1, -0.05) is 13.0 Å². The first kappa shape index (κ1) is 13.0. The van der Waals surface area contributed by atoms with Crippen LogP contribution >= 0.6 is 0 Å². The second-order valence-corrected chi connectivity index (χ2v) is 4.09. The van der Waals surface area contributed by atoms with Crippen LogP contribution in [0.1, 0.15) is 23.0 Å². The standard InChI is InChI=1S/C14H16N4O/c1-3-12-10(9-5-4-6-17-8-9)7-11(13(15)19)14(16-2)18-12/h4-8H,3H2,1-2H3,(H2,15,19)(H,16,18). The number of pyridine rings is 2. The van der Waals surface area contributed by atoms with Crippen molar-refractivity contribution in [2.24, 2.45) is 5.73 Å². The lowest BCUT2D eigenvalue weighted by molar-refractivity contribution is 0.100. The fraction of sp³-hybridized carbons (Fsp3) is 0.214. The van der Waals surface area contributed by atoms with E-state index in [0.29, 0.717) is 11.4 Å². The summed E-state index contributed by atoms with van der Waals surface area (Å²) in [4.78, 5) is 20.1. The van der Waals surface area contributed by atoms with E-state index in [9.17, 15) is 4.79 Å². The molecule has 2 aromatic heterocycles. The molecule has 2 aromatic rings. The molecular weight excluding hydrogens is 240 g/mol. The maximum absolute atomic E-state index is 11.5. The molecule has 0 atom stereocenters. The van der Waals surface area contributed by atoms with Crippen molar-refractivity contribution in [3.63, 3.8) is 0 Å². The second-order valence-electron chi connectivity index (χ2n) is 4.09. The number of carbonyl (C=O) groups is 1. The van der Waals surface area contributed by atoms with Crippen LogP contribution in [-0.2, 0) is 6.42 Å². The van der Waals surface area contributed by atoms with E-state index in [0.717, 1.165) is 23.2 Å². The molecule has 0 saturated carbocycles. The van der Waals surface area contributed by atoms with Crippen LogP contribution in [0.2, 0.25) is 0 Å². The summed E-state index contributed by atoms with van der Waals surface area (Å²) < 4.78 is 0. The molecule has 0 fully saturated rings. The van der Waals surface area contributed by atoms with Crippen LogP contribution in [0.3, 0.4) is 0 Å². The molecule has 0 spiro atoms. The Balaban J connectivity index is 2.66. The Morgan fingerprint density at radius 3 is 2.79 bits per heavy atom. The molecule has 2 heterocycles. The number of primary amides is 1. The van der Waals surface area contributed by atoms with Crippen molar-refractivity contribution >= 4 is 11.7 Å². The smallest absolute Gasteiger partial charge is 0.252 e. The molecule has 0 bridgehead atoms. The van der Waals surface area contributed by atoms with E-state index >= 15 is 0 Å². The maximum atomic E-state index is 11.5. The maximum Gasteiger partial charge on any atom is 0.252 e. The molecule has 98 valence electrons. The number of aromatic nitrogens is 2. The molecule has 5 nitrogen and oxygen atoms in total. The van der Waals surface area contributed by atoms with Gasteiger partial charge in [0.1, 0.15) is 5.82 Å². The Labute approximate surface area is 111 Å². The Kier molecular flexibility index (Phi) is 3.75. The Bertz CT molecular complexity index is 596. The molecule has 5 heteroatoms. The van der Waals surface area contributed by atoms with Crippen LogP contribution in [0.25, 0.3) is 11.1 Å². The van der Waals surface area contributed by atoms with Crippen molar-refractivity contribution in [3.05, 3.63) is 41.9 Å². The SMILES string of the molecule is CCc1nc(NC)c(C(N)=O)cc1-c1cccnc1. The summed E-state index contributed by atoms with van der Waals surface area (Å²) in [6.45, 7) is 2.02. The third-order valence-corrected chi connectivity index (χ3v) is 2.91. The van der Waals surface area contributed by atoms with Gasteiger partial charge in [0.05, 0.1) is 11.3 Å². The van der Waals surface area contributed by atoms with Crippen LogP contribution < -0.4 is 11.1 Å². The minimum Gasteiger partial charge on any atom is -0.372 e. The van der Waals surface area contributed by atoms with Gasteiger partial charge in [0.15, 0.2) is 0 Å². The molecule has 0 saturated heterocycles.